The number of amides is 5. The number of nitrogens with one attached hydrogen (secondary N) is 3. The Bertz CT molecular complexity index is 570. The summed E-state index contributed by atoms with van der Waals surface area (Å²) >= 11 is 0. The van der Waals surface area contributed by atoms with Crippen molar-refractivity contribution in [2.75, 3.05) is 18.5 Å². The highest BCUT2D eigenvalue weighted by atomic mass is 16.5. The highest BCUT2D eigenvalue weighted by Gasteiger charge is 2.12. The molecule has 1 aromatic carbocycles. The lowest BCUT2D eigenvalue weighted by atomic mass is 10.2. The van der Waals surface area contributed by atoms with Crippen LogP contribution in [0.3, 0.4) is 0 Å². The SMILES string of the molecule is CCNC(=O)NC(=O)COC(=O)c1ccc(NC(N)=O)cc1. The van der Waals surface area contributed by atoms with Gasteiger partial charge in [-0.05, 0) is 31.2 Å². The zero-order valence-corrected chi connectivity index (χ0v) is 11.8. The van der Waals surface area contributed by atoms with Crippen LogP contribution in [0.25, 0.3) is 0 Å². The molecule has 0 heterocycles. The van der Waals surface area contributed by atoms with E-state index in [0.29, 0.717) is 12.2 Å². The fourth-order valence-corrected chi connectivity index (χ4v) is 1.41. The molecular weight excluding hydrogens is 292 g/mol. The number of hydrogen-bond acceptors (Lipinski definition) is 5. The van der Waals surface area contributed by atoms with Crippen molar-refractivity contribution in [1.82, 2.24) is 10.6 Å². The van der Waals surface area contributed by atoms with Gasteiger partial charge < -0.3 is 21.1 Å². The average Bonchev–Trinajstić information content (AvgIpc) is 2.45. The van der Waals surface area contributed by atoms with Crippen molar-refractivity contribution in [3.63, 3.8) is 0 Å². The van der Waals surface area contributed by atoms with Gasteiger partial charge in [-0.15, -0.1) is 0 Å². The minimum atomic E-state index is -0.744. The summed E-state index contributed by atoms with van der Waals surface area (Å²) in [5, 5.41) is 6.69. The molecule has 0 saturated heterocycles. The number of carbonyl (C=O) groups excluding carboxylic acids is 4. The predicted molar refractivity (Wildman–Crippen MR) is 77.1 cm³/mol. The molecular formula is C13H16N4O5. The van der Waals surface area contributed by atoms with Crippen LogP contribution in [0.4, 0.5) is 15.3 Å². The van der Waals surface area contributed by atoms with Crippen LogP contribution < -0.4 is 21.7 Å². The van der Waals surface area contributed by atoms with Crippen LogP contribution in [0.1, 0.15) is 17.3 Å². The molecule has 0 fully saturated rings. The minimum absolute atomic E-state index is 0.181. The molecule has 0 aliphatic carbocycles. The number of primary amides is 1. The van der Waals surface area contributed by atoms with E-state index in [0.717, 1.165) is 0 Å². The molecule has 118 valence electrons. The Balaban J connectivity index is 2.46. The molecule has 1 rings (SSSR count). The summed E-state index contributed by atoms with van der Waals surface area (Å²) in [6.45, 7) is 1.47. The van der Waals surface area contributed by atoms with Gasteiger partial charge in [-0.2, -0.15) is 0 Å². The monoisotopic (exact) mass is 308 g/mol. The predicted octanol–water partition coefficient (Wildman–Crippen LogP) is 0.180. The van der Waals surface area contributed by atoms with E-state index in [4.69, 9.17) is 10.5 Å². The molecule has 1 aromatic rings. The topological polar surface area (TPSA) is 140 Å². The van der Waals surface area contributed by atoms with E-state index < -0.39 is 30.5 Å². The summed E-state index contributed by atoms with van der Waals surface area (Å²) in [5.41, 5.74) is 5.54. The molecule has 0 bridgehead atoms. The quantitative estimate of drug-likeness (QED) is 0.574. The van der Waals surface area contributed by atoms with Crippen molar-refractivity contribution < 1.29 is 23.9 Å². The molecule has 22 heavy (non-hydrogen) atoms. The van der Waals surface area contributed by atoms with E-state index in [-0.39, 0.29) is 5.56 Å². The van der Waals surface area contributed by atoms with Crippen LogP contribution in [0, 0.1) is 0 Å². The fourth-order valence-electron chi connectivity index (χ4n) is 1.41. The second-order valence-electron chi connectivity index (χ2n) is 4.05. The third-order valence-electron chi connectivity index (χ3n) is 2.31. The smallest absolute Gasteiger partial charge is 0.338 e. The Kier molecular flexibility index (Phi) is 6.35. The zero-order chi connectivity index (χ0) is 16.5. The van der Waals surface area contributed by atoms with Crippen LogP contribution >= 0.6 is 0 Å². The maximum absolute atomic E-state index is 11.7. The number of urea groups is 2. The third kappa shape index (κ3) is 5.90. The molecule has 0 atom stereocenters. The van der Waals surface area contributed by atoms with Crippen LogP contribution in [0.5, 0.6) is 0 Å². The summed E-state index contributed by atoms with van der Waals surface area (Å²) in [6.07, 6.45) is 0. The molecule has 5 amide bonds. The van der Waals surface area contributed by atoms with Crippen LogP contribution in [0.2, 0.25) is 0 Å². The molecule has 0 unspecified atom stereocenters. The number of carbonyl (C=O) groups is 4. The van der Waals surface area contributed by atoms with E-state index in [1.807, 2.05) is 5.32 Å². The molecule has 5 N–H and O–H groups in total. The van der Waals surface area contributed by atoms with Crippen molar-refractivity contribution >= 4 is 29.6 Å². The van der Waals surface area contributed by atoms with Crippen molar-refractivity contribution in [3.8, 4) is 0 Å². The Morgan fingerprint density at radius 1 is 1.14 bits per heavy atom. The summed E-state index contributed by atoms with van der Waals surface area (Å²) in [5.74, 6) is -1.48. The van der Waals surface area contributed by atoms with Crippen molar-refractivity contribution in [2.24, 2.45) is 5.73 Å². The Hall–Kier alpha value is -3.10. The first kappa shape index (κ1) is 17.0. The van der Waals surface area contributed by atoms with E-state index in [9.17, 15) is 19.2 Å². The van der Waals surface area contributed by atoms with Gasteiger partial charge in [0.15, 0.2) is 6.61 Å². The first-order valence-corrected chi connectivity index (χ1v) is 6.33. The van der Waals surface area contributed by atoms with E-state index in [1.54, 1.807) is 6.92 Å². The first-order chi connectivity index (χ1) is 10.4. The number of hydrogen-bond donors (Lipinski definition) is 4. The van der Waals surface area contributed by atoms with Gasteiger partial charge in [-0.3, -0.25) is 10.1 Å². The molecule has 0 aromatic heterocycles. The second-order valence-corrected chi connectivity index (χ2v) is 4.05. The van der Waals surface area contributed by atoms with Crippen LogP contribution in [-0.2, 0) is 9.53 Å². The van der Waals surface area contributed by atoms with Gasteiger partial charge in [0.2, 0.25) is 0 Å². The largest absolute Gasteiger partial charge is 0.452 e. The fraction of sp³-hybridized carbons (Fsp3) is 0.231. The summed E-state index contributed by atoms with van der Waals surface area (Å²) in [4.78, 5) is 44.7. The summed E-state index contributed by atoms with van der Waals surface area (Å²) in [6, 6.07) is 4.32. The van der Waals surface area contributed by atoms with E-state index in [2.05, 4.69) is 10.6 Å². The zero-order valence-electron chi connectivity index (χ0n) is 11.8. The van der Waals surface area contributed by atoms with Crippen LogP contribution in [0.15, 0.2) is 24.3 Å². The van der Waals surface area contributed by atoms with Gasteiger partial charge in [0.25, 0.3) is 5.91 Å². The highest BCUT2D eigenvalue weighted by molar-refractivity contribution is 5.97. The van der Waals surface area contributed by atoms with E-state index in [1.165, 1.54) is 24.3 Å². The maximum atomic E-state index is 11.7. The van der Waals surface area contributed by atoms with Gasteiger partial charge in [0.05, 0.1) is 5.56 Å². The molecule has 0 aliphatic rings. The van der Waals surface area contributed by atoms with Crippen LogP contribution in [-0.4, -0.2) is 37.1 Å². The number of imide groups is 1. The second kappa shape index (κ2) is 8.25. The summed E-state index contributed by atoms with van der Waals surface area (Å²) in [7, 11) is 0. The number of nitrogens with two attached hydrogens (primary N) is 1. The van der Waals surface area contributed by atoms with Crippen molar-refractivity contribution in [2.45, 2.75) is 6.92 Å². The molecule has 0 spiro atoms. The molecule has 0 saturated carbocycles. The number of benzene rings is 1. The highest BCUT2D eigenvalue weighted by Crippen LogP contribution is 2.10. The Morgan fingerprint density at radius 3 is 2.32 bits per heavy atom. The van der Waals surface area contributed by atoms with E-state index >= 15 is 0 Å². The normalized spacial score (nSPS) is 9.50. The number of anilines is 1. The maximum Gasteiger partial charge on any atom is 0.338 e. The van der Waals surface area contributed by atoms with Gasteiger partial charge in [-0.25, -0.2) is 14.4 Å². The molecule has 9 nitrogen and oxygen atoms in total. The van der Waals surface area contributed by atoms with Crippen molar-refractivity contribution in [1.29, 1.82) is 0 Å². The molecule has 0 aliphatic heterocycles. The first-order valence-electron chi connectivity index (χ1n) is 6.33. The van der Waals surface area contributed by atoms with Gasteiger partial charge in [0, 0.05) is 12.2 Å². The minimum Gasteiger partial charge on any atom is -0.452 e. The standard InChI is InChI=1S/C13H16N4O5/c1-2-15-13(21)17-10(18)7-22-11(19)8-3-5-9(6-4-8)16-12(14)20/h3-6H,2,7H2,1H3,(H3,14,16,20)(H2,15,17,18,21). The Labute approximate surface area is 126 Å². The number of esters is 1. The lowest BCUT2D eigenvalue weighted by Crippen LogP contribution is -2.41. The third-order valence-corrected chi connectivity index (χ3v) is 2.31. The van der Waals surface area contributed by atoms with Crippen molar-refractivity contribution in [3.05, 3.63) is 29.8 Å². The van der Waals surface area contributed by atoms with Gasteiger partial charge in [-0.1, -0.05) is 0 Å². The average molecular weight is 308 g/mol. The Morgan fingerprint density at radius 2 is 1.77 bits per heavy atom. The number of rotatable bonds is 5. The van der Waals surface area contributed by atoms with Gasteiger partial charge in [0.1, 0.15) is 0 Å². The number of ether oxygens (including phenoxy) is 1. The lowest BCUT2D eigenvalue weighted by Gasteiger charge is -2.07. The summed E-state index contributed by atoms with van der Waals surface area (Å²) < 4.78 is 4.75. The molecule has 0 radical (unpaired) electrons. The lowest BCUT2D eigenvalue weighted by molar-refractivity contribution is -0.123. The molecule has 9 heteroatoms. The van der Waals surface area contributed by atoms with Gasteiger partial charge >= 0.3 is 18.0 Å².